The summed E-state index contributed by atoms with van der Waals surface area (Å²) in [5, 5.41) is 0. The SMILES string of the molecule is CCC/C=C\CCCCCCCC(=O)OCC(COC(=O)CCCCCCCCCCCCCCCCCCCCCCCCCCCCC)OC(=O)CCCCCCCCC/C=C\CCCCCCCC. The molecule has 0 aromatic rings. The lowest BCUT2D eigenvalue weighted by atomic mass is 10.0. The highest BCUT2D eigenvalue weighted by molar-refractivity contribution is 5.71. The first kappa shape index (κ1) is 69.9. The molecule has 6 nitrogen and oxygen atoms in total. The number of unbranched alkanes of at least 4 members (excludes halogenated alkanes) is 45. The molecule has 6 heteroatoms. The Kier molecular flexibility index (Phi) is 59.6. The number of carbonyl (C=O) groups is 3. The van der Waals surface area contributed by atoms with Crippen molar-refractivity contribution in [3.05, 3.63) is 24.3 Å². The Balaban J connectivity index is 4.13. The van der Waals surface area contributed by atoms with Gasteiger partial charge in [0.2, 0.25) is 0 Å². The maximum absolute atomic E-state index is 12.9. The lowest BCUT2D eigenvalue weighted by molar-refractivity contribution is -0.167. The molecule has 0 rings (SSSR count). The second kappa shape index (κ2) is 61.4. The standard InChI is InChI=1S/C66H124O6/c1-4-7-10-13-16-19-22-24-26-28-29-30-31-32-33-34-35-36-37-39-40-42-44-47-50-53-56-59-65(68)71-62-63(61-70-64(67)58-55-52-49-46-21-18-15-12-9-6-3)72-66(69)60-57-54-51-48-45-43-41-38-27-25-23-20-17-14-11-8-5-2/h12,15,25,27,63H,4-11,13-14,16-24,26,28-62H2,1-3H3/b15-12-,27-25-. The smallest absolute Gasteiger partial charge is 0.306 e. The van der Waals surface area contributed by atoms with E-state index in [9.17, 15) is 14.4 Å². The summed E-state index contributed by atoms with van der Waals surface area (Å²) in [5.74, 6) is -0.864. The summed E-state index contributed by atoms with van der Waals surface area (Å²) in [7, 11) is 0. The monoisotopic (exact) mass is 1010 g/mol. The van der Waals surface area contributed by atoms with Crippen molar-refractivity contribution >= 4 is 17.9 Å². The van der Waals surface area contributed by atoms with Crippen LogP contribution in [0.5, 0.6) is 0 Å². The van der Waals surface area contributed by atoms with Crippen molar-refractivity contribution in [2.24, 2.45) is 0 Å². The van der Waals surface area contributed by atoms with E-state index in [-0.39, 0.29) is 31.1 Å². The van der Waals surface area contributed by atoms with Crippen LogP contribution in [0.25, 0.3) is 0 Å². The minimum atomic E-state index is -0.773. The normalized spacial score (nSPS) is 12.1. The molecule has 424 valence electrons. The van der Waals surface area contributed by atoms with Gasteiger partial charge < -0.3 is 14.2 Å². The topological polar surface area (TPSA) is 78.9 Å². The van der Waals surface area contributed by atoms with Crippen LogP contribution >= 0.6 is 0 Å². The van der Waals surface area contributed by atoms with Crippen LogP contribution in [0.2, 0.25) is 0 Å². The summed E-state index contributed by atoms with van der Waals surface area (Å²) in [6.07, 6.45) is 73.5. The van der Waals surface area contributed by atoms with Gasteiger partial charge in [-0.3, -0.25) is 14.4 Å². The Morgan fingerprint density at radius 2 is 0.486 bits per heavy atom. The van der Waals surface area contributed by atoms with E-state index in [0.717, 1.165) is 70.6 Å². The van der Waals surface area contributed by atoms with Gasteiger partial charge in [0.05, 0.1) is 0 Å². The van der Waals surface area contributed by atoms with Crippen LogP contribution in [-0.2, 0) is 28.6 Å². The van der Waals surface area contributed by atoms with Gasteiger partial charge in [-0.2, -0.15) is 0 Å². The van der Waals surface area contributed by atoms with Gasteiger partial charge in [0, 0.05) is 19.3 Å². The minimum Gasteiger partial charge on any atom is -0.462 e. The quantitative estimate of drug-likeness (QED) is 0.0261. The number of hydrogen-bond acceptors (Lipinski definition) is 6. The van der Waals surface area contributed by atoms with Gasteiger partial charge >= 0.3 is 17.9 Å². The third kappa shape index (κ3) is 58.8. The lowest BCUT2D eigenvalue weighted by Crippen LogP contribution is -2.30. The zero-order valence-electron chi connectivity index (χ0n) is 48.7. The summed E-state index contributed by atoms with van der Waals surface area (Å²) in [6, 6.07) is 0. The van der Waals surface area contributed by atoms with Crippen molar-refractivity contribution in [1.82, 2.24) is 0 Å². The van der Waals surface area contributed by atoms with Crippen LogP contribution in [0, 0.1) is 0 Å². The third-order valence-corrected chi connectivity index (χ3v) is 14.7. The molecule has 0 radical (unpaired) electrons. The summed E-state index contributed by atoms with van der Waals surface area (Å²) < 4.78 is 16.9. The summed E-state index contributed by atoms with van der Waals surface area (Å²) >= 11 is 0. The molecule has 0 aromatic carbocycles. The molecule has 0 fully saturated rings. The molecule has 72 heavy (non-hydrogen) atoms. The lowest BCUT2D eigenvalue weighted by Gasteiger charge is -2.18. The largest absolute Gasteiger partial charge is 0.462 e. The summed E-state index contributed by atoms with van der Waals surface area (Å²) in [5.41, 5.74) is 0. The Morgan fingerprint density at radius 3 is 0.750 bits per heavy atom. The van der Waals surface area contributed by atoms with Gasteiger partial charge in [-0.1, -0.05) is 302 Å². The molecule has 1 atom stereocenters. The Hall–Kier alpha value is -2.11. The van der Waals surface area contributed by atoms with E-state index in [1.54, 1.807) is 0 Å². The number of hydrogen-bond donors (Lipinski definition) is 0. The van der Waals surface area contributed by atoms with Crippen molar-refractivity contribution in [2.45, 2.75) is 367 Å². The van der Waals surface area contributed by atoms with Crippen molar-refractivity contribution in [2.75, 3.05) is 13.2 Å². The zero-order valence-corrected chi connectivity index (χ0v) is 48.7. The van der Waals surface area contributed by atoms with Crippen molar-refractivity contribution in [1.29, 1.82) is 0 Å². The molecule has 0 amide bonds. The third-order valence-electron chi connectivity index (χ3n) is 14.7. The van der Waals surface area contributed by atoms with Crippen LogP contribution < -0.4 is 0 Å². The predicted molar refractivity (Wildman–Crippen MR) is 312 cm³/mol. The van der Waals surface area contributed by atoms with E-state index in [1.807, 2.05) is 0 Å². The number of allylic oxidation sites excluding steroid dienone is 4. The molecule has 0 aliphatic carbocycles. The van der Waals surface area contributed by atoms with E-state index >= 15 is 0 Å². The maximum Gasteiger partial charge on any atom is 0.306 e. The molecule has 0 spiro atoms. The fourth-order valence-electron chi connectivity index (χ4n) is 9.80. The van der Waals surface area contributed by atoms with Crippen LogP contribution in [0.1, 0.15) is 361 Å². The first-order chi connectivity index (χ1) is 35.5. The van der Waals surface area contributed by atoms with Crippen LogP contribution in [0.4, 0.5) is 0 Å². The molecule has 0 N–H and O–H groups in total. The molecule has 0 saturated carbocycles. The molecule has 0 bridgehead atoms. The number of rotatable bonds is 60. The maximum atomic E-state index is 12.9. The highest BCUT2D eigenvalue weighted by Crippen LogP contribution is 2.18. The fourth-order valence-corrected chi connectivity index (χ4v) is 9.80. The molecule has 0 saturated heterocycles. The fraction of sp³-hybridized carbons (Fsp3) is 0.894. The molecule has 0 aliphatic heterocycles. The highest BCUT2D eigenvalue weighted by atomic mass is 16.6. The van der Waals surface area contributed by atoms with Crippen molar-refractivity contribution in [3.8, 4) is 0 Å². The van der Waals surface area contributed by atoms with E-state index in [4.69, 9.17) is 14.2 Å². The number of esters is 3. The molecule has 0 heterocycles. The first-order valence-electron chi connectivity index (χ1n) is 32.3. The van der Waals surface area contributed by atoms with Gasteiger partial charge in [0.1, 0.15) is 13.2 Å². The Bertz CT molecular complexity index is 1160. The van der Waals surface area contributed by atoms with Crippen LogP contribution in [0.3, 0.4) is 0 Å². The van der Waals surface area contributed by atoms with Crippen LogP contribution in [-0.4, -0.2) is 37.2 Å². The Labute approximate surface area is 449 Å². The molecule has 0 aromatic heterocycles. The summed E-state index contributed by atoms with van der Waals surface area (Å²) in [4.78, 5) is 38.2. The average molecular weight is 1010 g/mol. The molecular formula is C66H124O6. The second-order valence-corrected chi connectivity index (χ2v) is 22.0. The van der Waals surface area contributed by atoms with Gasteiger partial charge in [0.15, 0.2) is 6.10 Å². The van der Waals surface area contributed by atoms with Gasteiger partial charge in [-0.15, -0.1) is 0 Å². The van der Waals surface area contributed by atoms with Gasteiger partial charge in [-0.25, -0.2) is 0 Å². The zero-order chi connectivity index (χ0) is 52.2. The molecular weight excluding hydrogens is 889 g/mol. The van der Waals surface area contributed by atoms with Crippen molar-refractivity contribution < 1.29 is 28.6 Å². The van der Waals surface area contributed by atoms with Gasteiger partial charge in [0.25, 0.3) is 0 Å². The molecule has 0 aliphatic rings. The highest BCUT2D eigenvalue weighted by Gasteiger charge is 2.19. The average Bonchev–Trinajstić information content (AvgIpc) is 3.38. The second-order valence-electron chi connectivity index (χ2n) is 22.0. The Morgan fingerprint density at radius 1 is 0.264 bits per heavy atom. The van der Waals surface area contributed by atoms with E-state index in [0.29, 0.717) is 19.3 Å². The van der Waals surface area contributed by atoms with Gasteiger partial charge in [-0.05, 0) is 64.2 Å². The van der Waals surface area contributed by atoms with E-state index in [2.05, 4.69) is 45.1 Å². The summed E-state index contributed by atoms with van der Waals surface area (Å²) in [6.45, 7) is 6.62. The molecule has 1 unspecified atom stereocenters. The van der Waals surface area contributed by atoms with E-state index in [1.165, 1.54) is 250 Å². The van der Waals surface area contributed by atoms with E-state index < -0.39 is 6.10 Å². The van der Waals surface area contributed by atoms with Crippen molar-refractivity contribution in [3.63, 3.8) is 0 Å². The number of ether oxygens (including phenoxy) is 3. The first-order valence-corrected chi connectivity index (χ1v) is 32.3. The van der Waals surface area contributed by atoms with Crippen LogP contribution in [0.15, 0.2) is 24.3 Å². The number of carbonyl (C=O) groups excluding carboxylic acids is 3. The minimum absolute atomic E-state index is 0.0711. The predicted octanol–water partition coefficient (Wildman–Crippen LogP) is 21.8.